The molecule has 32 heavy (non-hydrogen) atoms. The van der Waals surface area contributed by atoms with E-state index >= 15 is 0 Å². The number of hydrogen-bond acceptors (Lipinski definition) is 9. The second-order valence-electron chi connectivity index (χ2n) is 7.40. The molecule has 0 saturated heterocycles. The van der Waals surface area contributed by atoms with Gasteiger partial charge in [-0.2, -0.15) is 9.61 Å². The maximum atomic E-state index is 12.6. The molecule has 0 saturated carbocycles. The number of fused-ring (bicyclic) bond motifs is 3. The van der Waals surface area contributed by atoms with Gasteiger partial charge in [0.2, 0.25) is 0 Å². The number of carbonyl (C=O) groups excluding carboxylic acids is 1. The minimum atomic E-state index is -0.266. The summed E-state index contributed by atoms with van der Waals surface area (Å²) < 4.78 is 7.26. The van der Waals surface area contributed by atoms with Gasteiger partial charge in [0.25, 0.3) is 5.91 Å². The molecule has 0 spiro atoms. The van der Waals surface area contributed by atoms with Crippen molar-refractivity contribution in [2.45, 2.75) is 26.9 Å². The number of amides is 1. The molecule has 1 amide bonds. The Kier molecular flexibility index (Phi) is 7.33. The smallest absolute Gasteiger partial charge is 0.256 e. The highest BCUT2D eigenvalue weighted by molar-refractivity contribution is 6.00. The molecule has 11 heteroatoms. The SMILES string of the molecule is CCC.CNc1cc2nc3c(cnn13)C(=O)NCCOCc1cc(c(N)c(N(C)N)c1)N2. The van der Waals surface area contributed by atoms with Crippen LogP contribution in [-0.4, -0.2) is 47.8 Å². The van der Waals surface area contributed by atoms with Gasteiger partial charge in [0.1, 0.15) is 17.2 Å². The third-order valence-corrected chi connectivity index (χ3v) is 4.63. The van der Waals surface area contributed by atoms with E-state index in [9.17, 15) is 4.79 Å². The number of hydrazine groups is 1. The van der Waals surface area contributed by atoms with Crippen molar-refractivity contribution in [2.24, 2.45) is 5.84 Å². The molecule has 7 N–H and O–H groups in total. The minimum Gasteiger partial charge on any atom is -0.395 e. The van der Waals surface area contributed by atoms with Crippen LogP contribution < -0.4 is 32.5 Å². The number of ether oxygens (including phenoxy) is 1. The second kappa shape index (κ2) is 10.2. The third kappa shape index (κ3) is 4.84. The normalized spacial score (nSPS) is 13.5. The molecule has 0 unspecified atom stereocenters. The number of nitrogens with one attached hydrogen (secondary N) is 3. The van der Waals surface area contributed by atoms with E-state index in [0.717, 1.165) is 5.56 Å². The van der Waals surface area contributed by atoms with Gasteiger partial charge in [0, 0.05) is 26.7 Å². The summed E-state index contributed by atoms with van der Waals surface area (Å²) in [6.07, 6.45) is 2.74. The van der Waals surface area contributed by atoms with Crippen LogP contribution in [0.25, 0.3) is 5.65 Å². The molecule has 0 radical (unpaired) electrons. The molecule has 4 bridgehead atoms. The first-order valence-electron chi connectivity index (χ1n) is 10.5. The quantitative estimate of drug-likeness (QED) is 0.229. The van der Waals surface area contributed by atoms with Gasteiger partial charge in [0.05, 0.1) is 36.5 Å². The van der Waals surface area contributed by atoms with E-state index in [4.69, 9.17) is 16.3 Å². The van der Waals surface area contributed by atoms with Gasteiger partial charge in [-0.1, -0.05) is 20.3 Å². The molecular weight excluding hydrogens is 410 g/mol. The number of nitrogens with zero attached hydrogens (tertiary/aromatic N) is 4. The summed E-state index contributed by atoms with van der Waals surface area (Å²) >= 11 is 0. The number of aromatic nitrogens is 3. The van der Waals surface area contributed by atoms with Crippen LogP contribution in [0.2, 0.25) is 0 Å². The molecule has 4 rings (SSSR count). The Hall–Kier alpha value is -3.57. The van der Waals surface area contributed by atoms with Gasteiger partial charge in [0.15, 0.2) is 5.65 Å². The average Bonchev–Trinajstić information content (AvgIpc) is 3.18. The summed E-state index contributed by atoms with van der Waals surface area (Å²) in [7, 11) is 3.49. The van der Waals surface area contributed by atoms with Gasteiger partial charge in [-0.25, -0.2) is 10.8 Å². The van der Waals surface area contributed by atoms with Crippen molar-refractivity contribution in [3.05, 3.63) is 35.5 Å². The van der Waals surface area contributed by atoms with Crippen molar-refractivity contribution in [1.82, 2.24) is 19.9 Å². The Morgan fingerprint density at radius 1 is 1.31 bits per heavy atom. The van der Waals surface area contributed by atoms with Crippen LogP contribution in [0.1, 0.15) is 36.2 Å². The van der Waals surface area contributed by atoms with Crippen molar-refractivity contribution in [1.29, 1.82) is 0 Å². The van der Waals surface area contributed by atoms with Gasteiger partial charge in [-0.05, 0) is 17.7 Å². The number of nitrogen functional groups attached to an aromatic ring is 1. The van der Waals surface area contributed by atoms with E-state index in [1.54, 1.807) is 24.7 Å². The number of rotatable bonds is 2. The lowest BCUT2D eigenvalue weighted by Gasteiger charge is -2.20. The maximum absolute atomic E-state index is 12.6. The highest BCUT2D eigenvalue weighted by Gasteiger charge is 2.18. The van der Waals surface area contributed by atoms with E-state index in [1.165, 1.54) is 17.6 Å². The Morgan fingerprint density at radius 3 is 2.75 bits per heavy atom. The topological polar surface area (TPSA) is 148 Å². The molecule has 3 heterocycles. The van der Waals surface area contributed by atoms with Gasteiger partial charge >= 0.3 is 0 Å². The lowest BCUT2D eigenvalue weighted by Crippen LogP contribution is -2.28. The third-order valence-electron chi connectivity index (χ3n) is 4.63. The fourth-order valence-electron chi connectivity index (χ4n) is 3.20. The van der Waals surface area contributed by atoms with Gasteiger partial charge in [-0.15, -0.1) is 0 Å². The maximum Gasteiger partial charge on any atom is 0.256 e. The number of hydrogen-bond donors (Lipinski definition) is 5. The van der Waals surface area contributed by atoms with Gasteiger partial charge < -0.3 is 31.4 Å². The predicted octanol–water partition coefficient (Wildman–Crippen LogP) is 2.08. The summed E-state index contributed by atoms with van der Waals surface area (Å²) in [5.41, 5.74) is 9.78. The standard InChI is InChI=1S/C18H23N9O2.C3H8/c1-21-15-7-14-24-12-5-10(6-13(16(12)19)26(2)20)9-29-4-3-22-18(28)11-8-23-27(15)17(11)25-14;1-3-2/h5-8,21H,3-4,9,19-20H2,1-2H3,(H,22,28)(H,24,25);3H2,1-2H3. The van der Waals surface area contributed by atoms with Crippen LogP contribution in [0.3, 0.4) is 0 Å². The molecule has 0 atom stereocenters. The summed E-state index contributed by atoms with van der Waals surface area (Å²) in [6, 6.07) is 5.55. The zero-order chi connectivity index (χ0) is 23.3. The Bertz CT molecular complexity index is 1090. The molecule has 1 aliphatic heterocycles. The number of benzene rings is 1. The largest absolute Gasteiger partial charge is 0.395 e. The number of nitrogens with two attached hydrogens (primary N) is 2. The molecule has 1 aromatic carbocycles. The van der Waals surface area contributed by atoms with Crippen LogP contribution in [0.15, 0.2) is 24.4 Å². The first-order chi connectivity index (χ1) is 15.4. The Balaban J connectivity index is 0.000000913. The van der Waals surface area contributed by atoms with E-state index in [2.05, 4.69) is 39.9 Å². The van der Waals surface area contributed by atoms with Crippen LogP contribution in [0.4, 0.5) is 28.7 Å². The van der Waals surface area contributed by atoms with Crippen LogP contribution in [0.5, 0.6) is 0 Å². The fourth-order valence-corrected chi connectivity index (χ4v) is 3.20. The molecule has 0 aliphatic carbocycles. The first-order valence-corrected chi connectivity index (χ1v) is 10.5. The minimum absolute atomic E-state index is 0.266. The van der Waals surface area contributed by atoms with Crippen LogP contribution >= 0.6 is 0 Å². The lowest BCUT2D eigenvalue weighted by molar-refractivity contribution is 0.0902. The number of carbonyl (C=O) groups is 1. The van der Waals surface area contributed by atoms with E-state index < -0.39 is 0 Å². The molecular formula is C21H31N9O2. The predicted molar refractivity (Wildman–Crippen MR) is 127 cm³/mol. The summed E-state index contributed by atoms with van der Waals surface area (Å²) in [6.45, 7) is 5.31. The van der Waals surface area contributed by atoms with Crippen molar-refractivity contribution in [3.63, 3.8) is 0 Å². The molecule has 172 valence electrons. The molecule has 3 aromatic rings. The summed E-state index contributed by atoms with van der Waals surface area (Å²) in [4.78, 5) is 17.1. The number of anilines is 5. The fraction of sp³-hybridized carbons (Fsp3) is 0.381. The summed E-state index contributed by atoms with van der Waals surface area (Å²) in [5.74, 6) is 6.85. The Morgan fingerprint density at radius 2 is 2.06 bits per heavy atom. The van der Waals surface area contributed by atoms with E-state index in [-0.39, 0.29) is 5.91 Å². The first kappa shape index (κ1) is 23.1. The van der Waals surface area contributed by atoms with Gasteiger partial charge in [-0.3, -0.25) is 4.79 Å². The zero-order valence-electron chi connectivity index (χ0n) is 18.9. The molecule has 11 nitrogen and oxygen atoms in total. The van der Waals surface area contributed by atoms with Crippen LogP contribution in [0, 0.1) is 0 Å². The lowest BCUT2D eigenvalue weighted by atomic mass is 10.1. The Labute approximate surface area is 187 Å². The summed E-state index contributed by atoms with van der Waals surface area (Å²) in [5, 5.41) is 14.9. The van der Waals surface area contributed by atoms with Crippen molar-refractivity contribution in [3.8, 4) is 0 Å². The second-order valence-corrected chi connectivity index (χ2v) is 7.40. The highest BCUT2D eigenvalue weighted by atomic mass is 16.5. The highest BCUT2D eigenvalue weighted by Crippen LogP contribution is 2.33. The van der Waals surface area contributed by atoms with Crippen molar-refractivity contribution >= 4 is 40.3 Å². The van der Waals surface area contributed by atoms with E-state index in [1.807, 2.05) is 12.1 Å². The van der Waals surface area contributed by atoms with Crippen molar-refractivity contribution < 1.29 is 9.53 Å². The monoisotopic (exact) mass is 441 g/mol. The zero-order valence-corrected chi connectivity index (χ0v) is 18.9. The molecule has 0 fully saturated rings. The van der Waals surface area contributed by atoms with E-state index in [0.29, 0.717) is 59.7 Å². The average molecular weight is 442 g/mol. The van der Waals surface area contributed by atoms with Crippen LogP contribution in [-0.2, 0) is 11.3 Å². The van der Waals surface area contributed by atoms with Crippen molar-refractivity contribution in [2.75, 3.05) is 48.6 Å². The molecule has 2 aromatic heterocycles. The molecule has 1 aliphatic rings.